The highest BCUT2D eigenvalue weighted by molar-refractivity contribution is 7.11. The first-order valence-corrected chi connectivity index (χ1v) is 10.1. The van der Waals surface area contributed by atoms with Crippen molar-refractivity contribution in [2.45, 2.75) is 0 Å². The Morgan fingerprint density at radius 1 is 1.16 bits per heavy atom. The van der Waals surface area contributed by atoms with Gasteiger partial charge < -0.3 is 9.52 Å². The summed E-state index contributed by atoms with van der Waals surface area (Å²) in [5, 5.41) is 34.0. The molecule has 0 amide bonds. The van der Waals surface area contributed by atoms with Crippen LogP contribution >= 0.6 is 22.9 Å². The van der Waals surface area contributed by atoms with E-state index in [1.165, 1.54) is 29.5 Å². The zero-order valence-electron chi connectivity index (χ0n) is 15.7. The van der Waals surface area contributed by atoms with Crippen molar-refractivity contribution in [2.24, 2.45) is 0 Å². The number of halogens is 1. The van der Waals surface area contributed by atoms with Crippen molar-refractivity contribution in [1.82, 2.24) is 4.98 Å². The number of nitriles is 1. The van der Waals surface area contributed by atoms with Gasteiger partial charge in [0, 0.05) is 33.7 Å². The Bertz CT molecular complexity index is 1350. The quantitative estimate of drug-likeness (QED) is 0.159. The summed E-state index contributed by atoms with van der Waals surface area (Å²) in [5.41, 5.74) is 1.84. The number of benzene rings is 2. The molecule has 7 nitrogen and oxygen atoms in total. The van der Waals surface area contributed by atoms with Crippen molar-refractivity contribution in [3.63, 3.8) is 0 Å². The lowest BCUT2D eigenvalue weighted by molar-refractivity contribution is -0.384. The number of aliphatic hydroxyl groups excluding tert-OH is 1. The Morgan fingerprint density at radius 2 is 1.94 bits per heavy atom. The average Bonchev–Trinajstić information content (AvgIpc) is 3.45. The molecule has 0 radical (unpaired) electrons. The van der Waals surface area contributed by atoms with Crippen molar-refractivity contribution in [3.05, 3.63) is 91.9 Å². The van der Waals surface area contributed by atoms with E-state index < -0.39 is 4.92 Å². The first kappa shape index (κ1) is 20.3. The number of allylic oxidation sites excluding steroid dienone is 1. The zero-order chi connectivity index (χ0) is 22.0. The SMILES string of the molecule is N#CC(=C(O)c1ccc(-c2cccc([N+](=O)[O-])c2)o1)c1nc(-c2ccc(Cl)cc2)cs1. The summed E-state index contributed by atoms with van der Waals surface area (Å²) in [4.78, 5) is 14.9. The molecular formula is C22H12ClN3O4S. The van der Waals surface area contributed by atoms with Gasteiger partial charge in [0.15, 0.2) is 11.5 Å². The van der Waals surface area contributed by atoms with Crippen molar-refractivity contribution in [1.29, 1.82) is 5.26 Å². The third-order valence-electron chi connectivity index (χ3n) is 4.39. The molecule has 0 fully saturated rings. The molecular weight excluding hydrogens is 438 g/mol. The summed E-state index contributed by atoms with van der Waals surface area (Å²) in [6.07, 6.45) is 0. The predicted octanol–water partition coefficient (Wildman–Crippen LogP) is 6.58. The summed E-state index contributed by atoms with van der Waals surface area (Å²) in [5.74, 6) is 0.0148. The van der Waals surface area contributed by atoms with Crippen molar-refractivity contribution >= 4 is 40.0 Å². The standard InChI is InChI=1S/C22H12ClN3O4S/c23-15-6-4-13(5-7-15)18-12-31-22(25-18)17(11-24)21(27)20-9-8-19(30-20)14-2-1-3-16(10-14)26(28)29/h1-10,12,27H. The number of thiazole rings is 1. The molecule has 152 valence electrons. The van der Waals surface area contributed by atoms with Crippen molar-refractivity contribution in [2.75, 3.05) is 0 Å². The Hall–Kier alpha value is -3.93. The highest BCUT2D eigenvalue weighted by Gasteiger charge is 2.19. The van der Waals surface area contributed by atoms with Crippen LogP contribution in [0.4, 0.5) is 5.69 Å². The van der Waals surface area contributed by atoms with Crippen LogP contribution in [-0.4, -0.2) is 15.0 Å². The first-order chi connectivity index (χ1) is 15.0. The Labute approximate surface area is 185 Å². The van der Waals surface area contributed by atoms with Crippen LogP contribution < -0.4 is 0 Å². The minimum absolute atomic E-state index is 0.0369. The third kappa shape index (κ3) is 4.19. The molecule has 2 aromatic heterocycles. The number of aromatic nitrogens is 1. The second-order valence-corrected chi connectivity index (χ2v) is 7.65. The summed E-state index contributed by atoms with van der Waals surface area (Å²) in [6.45, 7) is 0. The van der Waals surface area contributed by atoms with Crippen LogP contribution in [0.2, 0.25) is 5.02 Å². The molecule has 1 N–H and O–H groups in total. The number of non-ortho nitro benzene ring substituents is 1. The van der Waals surface area contributed by atoms with Crippen LogP contribution in [0, 0.1) is 21.4 Å². The topological polar surface area (TPSA) is 113 Å². The monoisotopic (exact) mass is 449 g/mol. The molecule has 0 aliphatic rings. The Balaban J connectivity index is 1.67. The van der Waals surface area contributed by atoms with Gasteiger partial charge in [-0.3, -0.25) is 10.1 Å². The van der Waals surface area contributed by atoms with Gasteiger partial charge in [-0.15, -0.1) is 11.3 Å². The maximum atomic E-state index is 11.0. The number of furan rings is 1. The third-order valence-corrected chi connectivity index (χ3v) is 5.50. The van der Waals surface area contributed by atoms with Crippen LogP contribution in [0.5, 0.6) is 0 Å². The van der Waals surface area contributed by atoms with E-state index in [0.717, 1.165) is 5.56 Å². The van der Waals surface area contributed by atoms with Crippen LogP contribution in [0.25, 0.3) is 33.9 Å². The number of hydrogen-bond acceptors (Lipinski definition) is 7. The molecule has 2 aromatic carbocycles. The molecule has 4 aromatic rings. The van der Waals surface area contributed by atoms with Crippen molar-refractivity contribution in [3.8, 4) is 28.7 Å². The molecule has 9 heteroatoms. The van der Waals surface area contributed by atoms with Gasteiger partial charge in [0.2, 0.25) is 0 Å². The largest absolute Gasteiger partial charge is 0.503 e. The first-order valence-electron chi connectivity index (χ1n) is 8.86. The van der Waals surface area contributed by atoms with E-state index in [2.05, 4.69) is 4.98 Å². The minimum atomic E-state index is -0.501. The van der Waals surface area contributed by atoms with Gasteiger partial charge in [-0.25, -0.2) is 4.98 Å². The number of nitrogens with zero attached hydrogens (tertiary/aromatic N) is 3. The lowest BCUT2D eigenvalue weighted by atomic mass is 10.1. The van der Waals surface area contributed by atoms with Gasteiger partial charge >= 0.3 is 0 Å². The van der Waals surface area contributed by atoms with E-state index in [1.54, 1.807) is 35.7 Å². The number of nitro groups is 1. The maximum Gasteiger partial charge on any atom is 0.270 e. The van der Waals surface area contributed by atoms with Crippen LogP contribution in [0.15, 0.2) is 70.5 Å². The lowest BCUT2D eigenvalue weighted by Crippen LogP contribution is -1.89. The summed E-state index contributed by atoms with van der Waals surface area (Å²) in [6, 6.07) is 18.1. The van der Waals surface area contributed by atoms with Gasteiger partial charge in [-0.2, -0.15) is 5.26 Å². The normalized spacial score (nSPS) is 11.6. The van der Waals surface area contributed by atoms with E-state index in [1.807, 2.05) is 18.2 Å². The highest BCUT2D eigenvalue weighted by atomic mass is 35.5. The van der Waals surface area contributed by atoms with E-state index in [0.29, 0.717) is 27.0 Å². The maximum absolute atomic E-state index is 11.0. The van der Waals surface area contributed by atoms with Crippen LogP contribution in [0.1, 0.15) is 10.8 Å². The van der Waals surface area contributed by atoms with Crippen LogP contribution in [0.3, 0.4) is 0 Å². The number of rotatable bonds is 5. The fraction of sp³-hybridized carbons (Fsp3) is 0. The lowest BCUT2D eigenvalue weighted by Gasteiger charge is -2.00. The molecule has 0 spiro atoms. The van der Waals surface area contributed by atoms with E-state index in [9.17, 15) is 20.5 Å². The van der Waals surface area contributed by atoms with Crippen molar-refractivity contribution < 1.29 is 14.4 Å². The molecule has 0 aliphatic carbocycles. The molecule has 0 unspecified atom stereocenters. The smallest absolute Gasteiger partial charge is 0.270 e. The summed E-state index contributed by atoms with van der Waals surface area (Å²) < 4.78 is 5.66. The Kier molecular flexibility index (Phi) is 5.54. The van der Waals surface area contributed by atoms with Crippen LogP contribution in [-0.2, 0) is 0 Å². The van der Waals surface area contributed by atoms with Gasteiger partial charge in [0.1, 0.15) is 22.4 Å². The van der Waals surface area contributed by atoms with Gasteiger partial charge in [0.25, 0.3) is 5.69 Å². The molecule has 0 atom stereocenters. The van der Waals surface area contributed by atoms with E-state index in [4.69, 9.17) is 16.0 Å². The minimum Gasteiger partial charge on any atom is -0.503 e. The number of nitro benzene ring substituents is 1. The van der Waals surface area contributed by atoms with Gasteiger partial charge in [-0.1, -0.05) is 35.9 Å². The Morgan fingerprint density at radius 3 is 2.65 bits per heavy atom. The molecule has 31 heavy (non-hydrogen) atoms. The number of aliphatic hydroxyl groups is 1. The molecule has 2 heterocycles. The van der Waals surface area contributed by atoms with Gasteiger partial charge in [0.05, 0.1) is 10.6 Å². The number of hydrogen-bond donors (Lipinski definition) is 1. The van der Waals surface area contributed by atoms with E-state index >= 15 is 0 Å². The highest BCUT2D eigenvalue weighted by Crippen LogP contribution is 2.33. The summed E-state index contributed by atoms with van der Waals surface area (Å²) >= 11 is 7.12. The second kappa shape index (κ2) is 8.44. The second-order valence-electron chi connectivity index (χ2n) is 6.35. The zero-order valence-corrected chi connectivity index (χ0v) is 17.2. The summed E-state index contributed by atoms with van der Waals surface area (Å²) in [7, 11) is 0. The van der Waals surface area contributed by atoms with Gasteiger partial charge in [-0.05, 0) is 24.3 Å². The average molecular weight is 450 g/mol. The fourth-order valence-corrected chi connectivity index (χ4v) is 3.81. The molecule has 0 aliphatic heterocycles. The van der Waals surface area contributed by atoms with E-state index in [-0.39, 0.29) is 22.8 Å². The molecule has 0 bridgehead atoms. The molecule has 0 saturated heterocycles. The fourth-order valence-electron chi connectivity index (χ4n) is 2.86. The predicted molar refractivity (Wildman–Crippen MR) is 118 cm³/mol. The molecule has 0 saturated carbocycles. The molecule has 4 rings (SSSR count).